The van der Waals surface area contributed by atoms with E-state index in [0.717, 1.165) is 12.2 Å². The molecular formula is C13H21FN2. The summed E-state index contributed by atoms with van der Waals surface area (Å²) in [4.78, 5) is 2.03. The van der Waals surface area contributed by atoms with E-state index in [1.54, 1.807) is 6.07 Å². The van der Waals surface area contributed by atoms with Gasteiger partial charge in [-0.25, -0.2) is 4.39 Å². The summed E-state index contributed by atoms with van der Waals surface area (Å²) in [6, 6.07) is 6.72. The van der Waals surface area contributed by atoms with Crippen LogP contribution in [0.2, 0.25) is 0 Å². The van der Waals surface area contributed by atoms with Crippen LogP contribution in [0.3, 0.4) is 0 Å². The Balaban J connectivity index is 2.76. The van der Waals surface area contributed by atoms with Crippen molar-refractivity contribution in [3.05, 3.63) is 30.1 Å². The predicted octanol–water partition coefficient (Wildman–Crippen LogP) is 2.64. The van der Waals surface area contributed by atoms with Crippen molar-refractivity contribution in [1.82, 2.24) is 0 Å². The molecule has 1 unspecified atom stereocenters. The summed E-state index contributed by atoms with van der Waals surface area (Å²) in [6.45, 7) is 7.04. The molecule has 0 heterocycles. The third-order valence-corrected chi connectivity index (χ3v) is 3.13. The third kappa shape index (κ3) is 3.20. The lowest BCUT2D eigenvalue weighted by atomic mass is 9.85. The molecule has 0 aromatic heterocycles. The molecular weight excluding hydrogens is 203 g/mol. The monoisotopic (exact) mass is 224 g/mol. The van der Waals surface area contributed by atoms with Gasteiger partial charge in [0.25, 0.3) is 0 Å². The highest BCUT2D eigenvalue weighted by atomic mass is 19.1. The maximum absolute atomic E-state index is 13.1. The van der Waals surface area contributed by atoms with Crippen LogP contribution in [0.25, 0.3) is 0 Å². The van der Waals surface area contributed by atoms with Crippen molar-refractivity contribution in [2.45, 2.75) is 26.8 Å². The van der Waals surface area contributed by atoms with Crippen LogP contribution in [-0.2, 0) is 0 Å². The molecule has 1 atom stereocenters. The Hall–Kier alpha value is -1.09. The van der Waals surface area contributed by atoms with Gasteiger partial charge in [-0.15, -0.1) is 0 Å². The maximum Gasteiger partial charge on any atom is 0.125 e. The largest absolute Gasteiger partial charge is 0.374 e. The zero-order chi connectivity index (χ0) is 12.3. The van der Waals surface area contributed by atoms with E-state index in [1.165, 1.54) is 12.1 Å². The van der Waals surface area contributed by atoms with E-state index in [-0.39, 0.29) is 17.3 Å². The molecule has 0 aliphatic rings. The summed E-state index contributed by atoms with van der Waals surface area (Å²) in [5, 5.41) is 0. The SMILES string of the molecule is CC(N)C(C)(C)CN(C)c1cccc(F)c1. The van der Waals surface area contributed by atoms with E-state index in [4.69, 9.17) is 5.73 Å². The van der Waals surface area contributed by atoms with Crippen LogP contribution in [0.5, 0.6) is 0 Å². The van der Waals surface area contributed by atoms with Gasteiger partial charge in [0, 0.05) is 25.3 Å². The Kier molecular flexibility index (Phi) is 3.92. The van der Waals surface area contributed by atoms with Crippen molar-refractivity contribution in [3.63, 3.8) is 0 Å². The highest BCUT2D eigenvalue weighted by Crippen LogP contribution is 2.23. The van der Waals surface area contributed by atoms with Crippen LogP contribution in [-0.4, -0.2) is 19.6 Å². The number of halogens is 1. The van der Waals surface area contributed by atoms with E-state index in [0.29, 0.717) is 0 Å². The van der Waals surface area contributed by atoms with Gasteiger partial charge >= 0.3 is 0 Å². The fourth-order valence-electron chi connectivity index (χ4n) is 1.56. The van der Waals surface area contributed by atoms with Crippen molar-refractivity contribution in [2.75, 3.05) is 18.5 Å². The molecule has 0 amide bonds. The van der Waals surface area contributed by atoms with E-state index in [2.05, 4.69) is 13.8 Å². The number of nitrogens with zero attached hydrogens (tertiary/aromatic N) is 1. The quantitative estimate of drug-likeness (QED) is 0.852. The molecule has 0 aliphatic carbocycles. The van der Waals surface area contributed by atoms with Gasteiger partial charge in [-0.2, -0.15) is 0 Å². The van der Waals surface area contributed by atoms with Crippen LogP contribution in [0.1, 0.15) is 20.8 Å². The van der Waals surface area contributed by atoms with E-state index in [1.807, 2.05) is 24.9 Å². The number of benzene rings is 1. The summed E-state index contributed by atoms with van der Waals surface area (Å²) in [7, 11) is 1.96. The molecule has 3 heteroatoms. The first-order chi connectivity index (χ1) is 7.33. The zero-order valence-corrected chi connectivity index (χ0v) is 10.5. The molecule has 16 heavy (non-hydrogen) atoms. The average Bonchev–Trinajstić information content (AvgIpc) is 2.16. The fraction of sp³-hybridized carbons (Fsp3) is 0.538. The second-order valence-corrected chi connectivity index (χ2v) is 5.11. The first kappa shape index (κ1) is 13.0. The molecule has 90 valence electrons. The Morgan fingerprint density at radius 3 is 2.56 bits per heavy atom. The van der Waals surface area contributed by atoms with Crippen LogP contribution in [0.4, 0.5) is 10.1 Å². The zero-order valence-electron chi connectivity index (χ0n) is 10.5. The summed E-state index contributed by atoms with van der Waals surface area (Å²) < 4.78 is 13.1. The minimum atomic E-state index is -0.206. The predicted molar refractivity (Wildman–Crippen MR) is 67.1 cm³/mol. The molecule has 0 fully saturated rings. The molecule has 0 saturated heterocycles. The Labute approximate surface area is 97.3 Å². The molecule has 0 radical (unpaired) electrons. The van der Waals surface area contributed by atoms with Crippen LogP contribution in [0, 0.1) is 11.2 Å². The molecule has 1 rings (SSSR count). The molecule has 2 nitrogen and oxygen atoms in total. The lowest BCUT2D eigenvalue weighted by Crippen LogP contribution is -2.43. The molecule has 2 N–H and O–H groups in total. The van der Waals surface area contributed by atoms with Crippen molar-refractivity contribution in [2.24, 2.45) is 11.1 Å². The Morgan fingerprint density at radius 1 is 1.44 bits per heavy atom. The number of hydrogen-bond acceptors (Lipinski definition) is 2. The minimum Gasteiger partial charge on any atom is -0.374 e. The topological polar surface area (TPSA) is 29.3 Å². The molecule has 1 aromatic rings. The second kappa shape index (κ2) is 4.83. The van der Waals surface area contributed by atoms with Crippen LogP contribution < -0.4 is 10.6 Å². The summed E-state index contributed by atoms with van der Waals surface area (Å²) in [6.07, 6.45) is 0. The van der Waals surface area contributed by atoms with E-state index < -0.39 is 0 Å². The van der Waals surface area contributed by atoms with E-state index >= 15 is 0 Å². The smallest absolute Gasteiger partial charge is 0.125 e. The van der Waals surface area contributed by atoms with Gasteiger partial charge in [0.15, 0.2) is 0 Å². The molecule has 1 aromatic carbocycles. The number of hydrogen-bond donors (Lipinski definition) is 1. The molecule has 0 aliphatic heterocycles. The van der Waals surface area contributed by atoms with Gasteiger partial charge in [0.05, 0.1) is 0 Å². The van der Waals surface area contributed by atoms with Gasteiger partial charge in [0.1, 0.15) is 5.82 Å². The first-order valence-electron chi connectivity index (χ1n) is 5.55. The Morgan fingerprint density at radius 2 is 2.06 bits per heavy atom. The standard InChI is InChI=1S/C13H21FN2/c1-10(15)13(2,3)9-16(4)12-7-5-6-11(14)8-12/h5-8,10H,9,15H2,1-4H3. The number of anilines is 1. The fourth-order valence-corrected chi connectivity index (χ4v) is 1.56. The maximum atomic E-state index is 13.1. The number of nitrogens with two attached hydrogens (primary N) is 1. The van der Waals surface area contributed by atoms with Gasteiger partial charge in [-0.05, 0) is 30.5 Å². The molecule has 0 bridgehead atoms. The Bertz CT molecular complexity index is 348. The lowest BCUT2D eigenvalue weighted by molar-refractivity contribution is 0.308. The van der Waals surface area contributed by atoms with Crippen LogP contribution in [0.15, 0.2) is 24.3 Å². The van der Waals surface area contributed by atoms with Crippen molar-refractivity contribution in [1.29, 1.82) is 0 Å². The van der Waals surface area contributed by atoms with Gasteiger partial charge < -0.3 is 10.6 Å². The van der Waals surface area contributed by atoms with Crippen molar-refractivity contribution >= 4 is 5.69 Å². The summed E-state index contributed by atoms with van der Waals surface area (Å²) in [5.74, 6) is -0.206. The van der Waals surface area contributed by atoms with Gasteiger partial charge in [-0.3, -0.25) is 0 Å². The second-order valence-electron chi connectivity index (χ2n) is 5.11. The molecule has 0 spiro atoms. The van der Waals surface area contributed by atoms with Crippen molar-refractivity contribution in [3.8, 4) is 0 Å². The molecule has 0 saturated carbocycles. The third-order valence-electron chi connectivity index (χ3n) is 3.13. The highest BCUT2D eigenvalue weighted by molar-refractivity contribution is 5.45. The first-order valence-corrected chi connectivity index (χ1v) is 5.55. The number of rotatable bonds is 4. The minimum absolute atomic E-state index is 0.00106. The van der Waals surface area contributed by atoms with Crippen LogP contribution >= 0.6 is 0 Å². The van der Waals surface area contributed by atoms with E-state index in [9.17, 15) is 4.39 Å². The average molecular weight is 224 g/mol. The highest BCUT2D eigenvalue weighted by Gasteiger charge is 2.24. The normalized spacial score (nSPS) is 13.6. The van der Waals surface area contributed by atoms with Gasteiger partial charge in [-0.1, -0.05) is 19.9 Å². The van der Waals surface area contributed by atoms with Crippen molar-refractivity contribution < 1.29 is 4.39 Å². The lowest BCUT2D eigenvalue weighted by Gasteiger charge is -2.34. The summed E-state index contributed by atoms with van der Waals surface area (Å²) in [5.41, 5.74) is 6.81. The summed E-state index contributed by atoms with van der Waals surface area (Å²) >= 11 is 0. The van der Waals surface area contributed by atoms with Gasteiger partial charge in [0.2, 0.25) is 0 Å².